The number of aromatic nitrogens is 2. The normalized spacial score (nSPS) is 19.4. The predicted molar refractivity (Wildman–Crippen MR) is 120 cm³/mol. The molecular formula is C17H29IN6O3S. The number of nitrogens with zero attached hydrogens (tertiary/aromatic N) is 5. The molecule has 2 fully saturated rings. The fraction of sp³-hybridized carbons (Fsp3) is 0.706. The Balaban J connectivity index is 0.00000280. The van der Waals surface area contributed by atoms with Gasteiger partial charge in [-0.25, -0.2) is 8.42 Å². The lowest BCUT2D eigenvalue weighted by atomic mass is 10.1. The van der Waals surface area contributed by atoms with E-state index in [0.29, 0.717) is 32.1 Å². The van der Waals surface area contributed by atoms with E-state index < -0.39 is 9.84 Å². The van der Waals surface area contributed by atoms with Gasteiger partial charge in [0.05, 0.1) is 17.6 Å². The maximum atomic E-state index is 12.6. The van der Waals surface area contributed by atoms with Gasteiger partial charge in [-0.1, -0.05) is 0 Å². The largest absolute Gasteiger partial charge is 0.357 e. The van der Waals surface area contributed by atoms with Gasteiger partial charge >= 0.3 is 0 Å². The maximum Gasteiger partial charge on any atom is 0.246 e. The molecule has 0 bridgehead atoms. The highest BCUT2D eigenvalue weighted by Crippen LogP contribution is 2.46. The Bertz CT molecular complexity index is 834. The Morgan fingerprint density at radius 1 is 1.36 bits per heavy atom. The minimum Gasteiger partial charge on any atom is -0.357 e. The molecule has 0 aromatic carbocycles. The van der Waals surface area contributed by atoms with E-state index in [2.05, 4.69) is 15.4 Å². The number of aliphatic imine (C=N–C) groups is 1. The summed E-state index contributed by atoms with van der Waals surface area (Å²) in [4.78, 5) is 21.0. The highest BCUT2D eigenvalue weighted by Gasteiger charge is 2.45. The third-order valence-corrected chi connectivity index (χ3v) is 6.08. The van der Waals surface area contributed by atoms with Crippen LogP contribution in [0.25, 0.3) is 0 Å². The summed E-state index contributed by atoms with van der Waals surface area (Å²) < 4.78 is 25.0. The molecule has 2 aliphatic rings. The van der Waals surface area contributed by atoms with Crippen molar-refractivity contribution < 1.29 is 13.2 Å². The number of hydrogen-bond donors (Lipinski definition) is 1. The number of sulfone groups is 1. The van der Waals surface area contributed by atoms with Crippen LogP contribution in [-0.2, 0) is 21.7 Å². The van der Waals surface area contributed by atoms with Gasteiger partial charge in [-0.05, 0) is 19.8 Å². The zero-order chi connectivity index (χ0) is 19.7. The molecule has 1 N–H and O–H groups in total. The number of guanidine groups is 1. The SMILES string of the molecule is CCNC(=NCC1(CS(C)(=O)=O)CC1)N1CCN(c2cnn(C)c2)C(=O)C1.I. The molecule has 1 aliphatic carbocycles. The lowest BCUT2D eigenvalue weighted by Gasteiger charge is -2.35. The number of nitrogens with one attached hydrogen (secondary N) is 1. The number of halogens is 1. The Hall–Kier alpha value is -1.37. The fourth-order valence-electron chi connectivity index (χ4n) is 3.42. The number of piperazine rings is 1. The molecule has 1 amide bonds. The van der Waals surface area contributed by atoms with Crippen molar-refractivity contribution in [1.82, 2.24) is 20.0 Å². The smallest absolute Gasteiger partial charge is 0.246 e. The third kappa shape index (κ3) is 5.82. The first-order valence-electron chi connectivity index (χ1n) is 9.21. The van der Waals surface area contributed by atoms with E-state index in [0.717, 1.165) is 18.5 Å². The molecule has 1 aromatic heterocycles. The van der Waals surface area contributed by atoms with E-state index in [1.165, 1.54) is 6.26 Å². The molecule has 9 nitrogen and oxygen atoms in total. The summed E-state index contributed by atoms with van der Waals surface area (Å²) in [5, 5.41) is 7.36. The summed E-state index contributed by atoms with van der Waals surface area (Å²) in [6.07, 6.45) is 6.56. The van der Waals surface area contributed by atoms with E-state index in [-0.39, 0.29) is 47.6 Å². The van der Waals surface area contributed by atoms with Crippen LogP contribution < -0.4 is 10.2 Å². The summed E-state index contributed by atoms with van der Waals surface area (Å²) in [5.41, 5.74) is 0.574. The van der Waals surface area contributed by atoms with Gasteiger partial charge in [0.2, 0.25) is 5.91 Å². The second-order valence-corrected chi connectivity index (χ2v) is 9.72. The van der Waals surface area contributed by atoms with Crippen molar-refractivity contribution >= 4 is 51.4 Å². The van der Waals surface area contributed by atoms with E-state index in [1.807, 2.05) is 25.1 Å². The number of rotatable bonds is 6. The molecule has 0 atom stereocenters. The van der Waals surface area contributed by atoms with Gasteiger partial charge in [0.1, 0.15) is 16.4 Å². The second kappa shape index (κ2) is 8.97. The van der Waals surface area contributed by atoms with Gasteiger partial charge in [0.15, 0.2) is 5.96 Å². The highest BCUT2D eigenvalue weighted by atomic mass is 127. The number of carbonyl (C=O) groups excluding carboxylic acids is 1. The Labute approximate surface area is 183 Å². The van der Waals surface area contributed by atoms with Crippen LogP contribution in [0.3, 0.4) is 0 Å². The Morgan fingerprint density at radius 2 is 2.07 bits per heavy atom. The molecule has 1 saturated carbocycles. The van der Waals surface area contributed by atoms with Crippen LogP contribution in [0.15, 0.2) is 17.4 Å². The standard InChI is InChI=1S/C17H28N6O3S.HI/c1-4-18-16(19-12-17(5-6-17)13-27(3,25)26)22-7-8-23(15(24)11-22)14-9-20-21(2)10-14;/h9-10H,4-8,11-13H2,1-3H3,(H,18,19);1H. The summed E-state index contributed by atoms with van der Waals surface area (Å²) >= 11 is 0. The van der Waals surface area contributed by atoms with Crippen LogP contribution >= 0.6 is 24.0 Å². The lowest BCUT2D eigenvalue weighted by Crippen LogP contribution is -2.55. The monoisotopic (exact) mass is 524 g/mol. The highest BCUT2D eigenvalue weighted by molar-refractivity contribution is 14.0. The van der Waals surface area contributed by atoms with Crippen LogP contribution in [0.4, 0.5) is 5.69 Å². The Kier molecular flexibility index (Phi) is 7.34. The number of anilines is 1. The zero-order valence-corrected chi connectivity index (χ0v) is 19.7. The molecule has 0 radical (unpaired) electrons. The second-order valence-electron chi connectivity index (χ2n) is 7.58. The van der Waals surface area contributed by atoms with Gasteiger partial charge in [-0.15, -0.1) is 24.0 Å². The molecule has 28 heavy (non-hydrogen) atoms. The number of aryl methyl sites for hydroxylation is 1. The quantitative estimate of drug-likeness (QED) is 0.330. The minimum absolute atomic E-state index is 0. The van der Waals surface area contributed by atoms with Gasteiger partial charge in [0, 0.05) is 51.1 Å². The van der Waals surface area contributed by atoms with Crippen molar-refractivity contribution in [2.75, 3.05) is 49.6 Å². The first kappa shape index (κ1) is 22.9. The first-order valence-corrected chi connectivity index (χ1v) is 11.3. The maximum absolute atomic E-state index is 12.6. The average Bonchev–Trinajstić information content (AvgIpc) is 3.19. The molecule has 11 heteroatoms. The number of carbonyl (C=O) groups is 1. The number of amides is 1. The van der Waals surface area contributed by atoms with E-state index in [1.54, 1.807) is 15.8 Å². The molecule has 1 aliphatic heterocycles. The molecule has 2 heterocycles. The molecule has 3 rings (SSSR count). The molecule has 0 spiro atoms. The van der Waals surface area contributed by atoms with Crippen molar-refractivity contribution in [3.63, 3.8) is 0 Å². The van der Waals surface area contributed by atoms with E-state index in [9.17, 15) is 13.2 Å². The minimum atomic E-state index is -3.02. The van der Waals surface area contributed by atoms with Gasteiger partial charge in [-0.3, -0.25) is 14.5 Å². The zero-order valence-electron chi connectivity index (χ0n) is 16.6. The number of hydrogen-bond acceptors (Lipinski definition) is 5. The average molecular weight is 524 g/mol. The molecule has 1 saturated heterocycles. The molecule has 0 unspecified atom stereocenters. The van der Waals surface area contributed by atoms with E-state index >= 15 is 0 Å². The van der Waals surface area contributed by atoms with Crippen molar-refractivity contribution in [3.05, 3.63) is 12.4 Å². The predicted octanol–water partition coefficient (Wildman–Crippen LogP) is 0.477. The summed E-state index contributed by atoms with van der Waals surface area (Å²) in [5.74, 6) is 0.852. The van der Waals surface area contributed by atoms with Gasteiger partial charge in [0.25, 0.3) is 0 Å². The molecular weight excluding hydrogens is 495 g/mol. The Morgan fingerprint density at radius 3 is 2.57 bits per heavy atom. The van der Waals surface area contributed by atoms with Crippen LogP contribution in [0, 0.1) is 5.41 Å². The summed E-state index contributed by atoms with van der Waals surface area (Å²) in [6.45, 7) is 4.59. The van der Waals surface area contributed by atoms with Gasteiger partial charge < -0.3 is 15.1 Å². The van der Waals surface area contributed by atoms with Crippen molar-refractivity contribution in [2.45, 2.75) is 19.8 Å². The van der Waals surface area contributed by atoms with Gasteiger partial charge in [-0.2, -0.15) is 5.10 Å². The van der Waals surface area contributed by atoms with Crippen molar-refractivity contribution in [2.24, 2.45) is 17.5 Å². The molecule has 158 valence electrons. The third-order valence-electron chi connectivity index (χ3n) is 4.95. The van der Waals surface area contributed by atoms with E-state index in [4.69, 9.17) is 0 Å². The topological polar surface area (TPSA) is 99.9 Å². The van der Waals surface area contributed by atoms with Crippen LogP contribution in [0.2, 0.25) is 0 Å². The van der Waals surface area contributed by atoms with Crippen LogP contribution in [0.5, 0.6) is 0 Å². The summed E-state index contributed by atoms with van der Waals surface area (Å²) in [7, 11) is -1.20. The lowest BCUT2D eigenvalue weighted by molar-refractivity contribution is -0.120. The summed E-state index contributed by atoms with van der Waals surface area (Å²) in [6, 6.07) is 0. The first-order chi connectivity index (χ1) is 12.7. The molecule has 1 aromatic rings. The van der Waals surface area contributed by atoms with Crippen LogP contribution in [-0.4, -0.2) is 79.7 Å². The van der Waals surface area contributed by atoms with Crippen molar-refractivity contribution in [1.29, 1.82) is 0 Å². The van der Waals surface area contributed by atoms with Crippen molar-refractivity contribution in [3.8, 4) is 0 Å². The fourth-order valence-corrected chi connectivity index (χ4v) is 4.92. The van der Waals surface area contributed by atoms with Crippen LogP contribution in [0.1, 0.15) is 19.8 Å².